The maximum absolute atomic E-state index is 14.0. The summed E-state index contributed by atoms with van der Waals surface area (Å²) < 4.78 is 84.2. The van der Waals surface area contributed by atoms with E-state index in [1.54, 1.807) is 35.6 Å². The lowest BCUT2D eigenvalue weighted by molar-refractivity contribution is -0.137. The van der Waals surface area contributed by atoms with Gasteiger partial charge >= 0.3 is 5.97 Å². The van der Waals surface area contributed by atoms with Crippen molar-refractivity contribution in [2.24, 2.45) is 0 Å². The summed E-state index contributed by atoms with van der Waals surface area (Å²) in [5.74, 6) is -6.28. The predicted octanol–water partition coefficient (Wildman–Crippen LogP) is 6.73. The molecule has 2 aromatic rings. The summed E-state index contributed by atoms with van der Waals surface area (Å²) in [7, 11) is 0.157. The van der Waals surface area contributed by atoms with Crippen molar-refractivity contribution in [2.45, 2.75) is 66.4 Å². The number of hydrogen-bond donors (Lipinski definition) is 1. The van der Waals surface area contributed by atoms with E-state index in [1.165, 1.54) is 30.8 Å². The first kappa shape index (κ1) is 31.2. The summed E-state index contributed by atoms with van der Waals surface area (Å²) in [6.45, 7) is 3.12. The highest BCUT2D eigenvalue weighted by atomic mass is 32.2. The lowest BCUT2D eigenvalue weighted by Crippen LogP contribution is -2.37. The van der Waals surface area contributed by atoms with Crippen molar-refractivity contribution in [2.75, 3.05) is 31.6 Å². The fourth-order valence-corrected chi connectivity index (χ4v) is 6.29. The molecule has 216 valence electrons. The van der Waals surface area contributed by atoms with Gasteiger partial charge in [0.25, 0.3) is 0 Å². The first-order valence-corrected chi connectivity index (χ1v) is 14.3. The Hall–Kier alpha value is -2.38. The molecule has 0 radical (unpaired) electrons. The molecule has 13 heteroatoms. The predicted molar refractivity (Wildman–Crippen MR) is 141 cm³/mol. The number of ether oxygens (including phenoxy) is 1. The highest BCUT2D eigenvalue weighted by Gasteiger charge is 2.46. The summed E-state index contributed by atoms with van der Waals surface area (Å²) in [5.41, 5.74) is 1.15. The van der Waals surface area contributed by atoms with Gasteiger partial charge in [0.1, 0.15) is 22.6 Å². The molecule has 0 amide bonds. The first-order valence-electron chi connectivity index (χ1n) is 12.3. The van der Waals surface area contributed by atoms with Crippen LogP contribution in [0.3, 0.4) is 0 Å². The number of alkyl halides is 4. The molecule has 1 N–H and O–H groups in total. The zero-order chi connectivity index (χ0) is 29.0. The van der Waals surface area contributed by atoms with Crippen molar-refractivity contribution in [3.05, 3.63) is 42.2 Å². The van der Waals surface area contributed by atoms with Crippen LogP contribution in [0, 0.1) is 5.82 Å². The topological polar surface area (TPSA) is 70.1 Å². The summed E-state index contributed by atoms with van der Waals surface area (Å²) in [5, 5.41) is 8.62. The van der Waals surface area contributed by atoms with Crippen LogP contribution in [-0.2, 0) is 15.8 Å². The van der Waals surface area contributed by atoms with Gasteiger partial charge in [-0.25, -0.2) is 30.5 Å². The zero-order valence-electron chi connectivity index (χ0n) is 21.8. The van der Waals surface area contributed by atoms with Gasteiger partial charge in [0, 0.05) is 56.4 Å². The van der Waals surface area contributed by atoms with E-state index in [0.29, 0.717) is 40.0 Å². The Bertz CT molecular complexity index is 1190. The molecule has 1 atom stereocenters. The van der Waals surface area contributed by atoms with E-state index in [4.69, 9.17) is 9.84 Å². The fraction of sp³-hybridized carbons (Fsp3) is 0.500. The zero-order valence-corrected chi connectivity index (χ0v) is 23.4. The van der Waals surface area contributed by atoms with Crippen LogP contribution < -0.4 is 9.64 Å². The largest absolute Gasteiger partial charge is 0.492 e. The van der Waals surface area contributed by atoms with E-state index in [-0.39, 0.29) is 37.5 Å². The van der Waals surface area contributed by atoms with Gasteiger partial charge in [0.2, 0.25) is 11.8 Å². The number of halogens is 5. The van der Waals surface area contributed by atoms with Crippen LogP contribution >= 0.6 is 11.8 Å². The average molecular weight is 595 g/mol. The summed E-state index contributed by atoms with van der Waals surface area (Å²) in [6, 6.07) is 9.37. The smallest absolute Gasteiger partial charge is 0.306 e. The molecule has 1 unspecified atom stereocenters. The molecule has 0 spiro atoms. The number of anilines is 2. The van der Waals surface area contributed by atoms with Gasteiger partial charge in [-0.1, -0.05) is 13.0 Å². The van der Waals surface area contributed by atoms with E-state index < -0.39 is 34.6 Å². The van der Waals surface area contributed by atoms with Gasteiger partial charge in [0.05, 0.1) is 28.5 Å². The number of hydrogen-bond acceptors (Lipinski definition) is 5. The van der Waals surface area contributed by atoms with E-state index in [9.17, 15) is 31.0 Å². The standard InChI is InChI=1S/C22H23F3N2O4S2.C4H8F2/c1-26-6-7-27(15-4-2-3-14(23)9-15)17-10-19(32-16-12-22(24,25)13-16)18(11-20(17)33(26)30)31-8-5-21(28)29;1-3-4(2,5)6/h2-4,9-11,16H,5-8,12-13H2,1H3,(H,28,29);3H2,1-2H3. The molecule has 1 saturated carbocycles. The number of thioether (sulfide) groups is 1. The summed E-state index contributed by atoms with van der Waals surface area (Å²) in [4.78, 5) is 13.7. The number of fused-ring (bicyclic) bond motifs is 1. The molecule has 0 saturated heterocycles. The number of benzene rings is 2. The van der Waals surface area contributed by atoms with Crippen LogP contribution in [-0.4, -0.2) is 63.4 Å². The van der Waals surface area contributed by atoms with E-state index >= 15 is 0 Å². The summed E-state index contributed by atoms with van der Waals surface area (Å²) >= 11 is 1.23. The molecule has 0 bridgehead atoms. The molecule has 2 aromatic carbocycles. The molecular weight excluding hydrogens is 563 g/mol. The minimum Gasteiger partial charge on any atom is -0.492 e. The van der Waals surface area contributed by atoms with Gasteiger partial charge in [-0.2, -0.15) is 0 Å². The highest BCUT2D eigenvalue weighted by Crippen LogP contribution is 2.50. The van der Waals surface area contributed by atoms with Crippen molar-refractivity contribution < 1.29 is 40.8 Å². The van der Waals surface area contributed by atoms with Crippen molar-refractivity contribution in [3.8, 4) is 5.75 Å². The number of nitrogens with zero attached hydrogens (tertiary/aromatic N) is 2. The summed E-state index contributed by atoms with van der Waals surface area (Å²) in [6.07, 6.45) is -0.814. The van der Waals surface area contributed by atoms with Crippen molar-refractivity contribution in [1.29, 1.82) is 0 Å². The van der Waals surface area contributed by atoms with E-state index in [1.807, 2.05) is 4.90 Å². The Kier molecular flexibility index (Phi) is 10.3. The average Bonchev–Trinajstić information content (AvgIpc) is 2.94. The maximum Gasteiger partial charge on any atom is 0.306 e. The van der Waals surface area contributed by atoms with Crippen LogP contribution in [0.2, 0.25) is 0 Å². The van der Waals surface area contributed by atoms with E-state index in [2.05, 4.69) is 0 Å². The Morgan fingerprint density at radius 3 is 2.46 bits per heavy atom. The molecule has 1 aliphatic carbocycles. The second-order valence-corrected chi connectivity index (χ2v) is 12.3. The third kappa shape index (κ3) is 8.81. The quantitative estimate of drug-likeness (QED) is 0.342. The molecule has 0 aromatic heterocycles. The number of aliphatic carboxylic acids is 1. The Morgan fingerprint density at radius 2 is 1.90 bits per heavy atom. The van der Waals surface area contributed by atoms with Gasteiger partial charge in [-0.05, 0) is 31.2 Å². The van der Waals surface area contributed by atoms with Crippen molar-refractivity contribution in [1.82, 2.24) is 4.31 Å². The molecule has 39 heavy (non-hydrogen) atoms. The van der Waals surface area contributed by atoms with Crippen LogP contribution in [0.1, 0.15) is 39.5 Å². The SMILES string of the molecule is CCC(C)(F)F.CN1CCN(c2cccc(F)c2)c2cc(SC3CC(F)(F)C3)c(OCCC(=O)O)cc2S1=O. The number of rotatable bonds is 8. The molecule has 2 aliphatic rings. The third-order valence-electron chi connectivity index (χ3n) is 6.09. The minimum atomic E-state index is -2.69. The Morgan fingerprint density at radius 1 is 1.23 bits per heavy atom. The number of carboxylic acid groups (broad SMARTS) is 1. The number of carboxylic acids is 1. The Labute approximate surface area is 231 Å². The molecule has 1 fully saturated rings. The molecular formula is C26H31F5N2O4S2. The van der Waals surface area contributed by atoms with Crippen LogP contribution in [0.4, 0.5) is 33.3 Å². The van der Waals surface area contributed by atoms with Gasteiger partial charge in [-0.15, -0.1) is 11.8 Å². The fourth-order valence-electron chi connectivity index (χ4n) is 3.73. The van der Waals surface area contributed by atoms with Crippen molar-refractivity contribution >= 4 is 40.1 Å². The van der Waals surface area contributed by atoms with Crippen LogP contribution in [0.15, 0.2) is 46.2 Å². The molecule has 1 aliphatic heterocycles. The second-order valence-electron chi connectivity index (χ2n) is 9.42. The van der Waals surface area contributed by atoms with Crippen LogP contribution in [0.5, 0.6) is 5.75 Å². The molecule has 6 nitrogen and oxygen atoms in total. The highest BCUT2D eigenvalue weighted by molar-refractivity contribution is 8.00. The maximum atomic E-state index is 14.0. The Balaban J connectivity index is 0.000000631. The number of carbonyl (C=O) groups is 1. The first-order chi connectivity index (χ1) is 18.2. The van der Waals surface area contributed by atoms with Crippen molar-refractivity contribution in [3.63, 3.8) is 0 Å². The monoisotopic (exact) mass is 594 g/mol. The van der Waals surface area contributed by atoms with Crippen LogP contribution in [0.25, 0.3) is 0 Å². The molecule has 4 rings (SSSR count). The minimum absolute atomic E-state index is 0.0625. The second kappa shape index (κ2) is 12.9. The van der Waals surface area contributed by atoms with Gasteiger partial charge < -0.3 is 14.7 Å². The lowest BCUT2D eigenvalue weighted by atomic mass is 9.94. The molecule has 1 heterocycles. The normalized spacial score (nSPS) is 19.3. The lowest BCUT2D eigenvalue weighted by Gasteiger charge is -2.35. The van der Waals surface area contributed by atoms with Gasteiger partial charge in [-0.3, -0.25) is 4.79 Å². The van der Waals surface area contributed by atoms with Gasteiger partial charge in [0.15, 0.2) is 0 Å². The number of likely N-dealkylation sites (N-methyl/N-ethyl adjacent to an activating group) is 1. The third-order valence-corrected chi connectivity index (χ3v) is 8.78. The van der Waals surface area contributed by atoms with E-state index in [0.717, 1.165) is 6.92 Å².